The summed E-state index contributed by atoms with van der Waals surface area (Å²) < 4.78 is 0. The lowest BCUT2D eigenvalue weighted by Crippen LogP contribution is -2.44. The van der Waals surface area contributed by atoms with Crippen molar-refractivity contribution in [3.05, 3.63) is 0 Å². The van der Waals surface area contributed by atoms with Gasteiger partial charge in [-0.2, -0.15) is 0 Å². The maximum atomic E-state index is 11.3. The second-order valence-corrected chi connectivity index (χ2v) is 4.54. The SMILES string of the molecule is CCCCCC(C(N)=O)C(C)(C)C(N)=O. The number of hydrogen-bond donors (Lipinski definition) is 2. The zero-order valence-corrected chi connectivity index (χ0v) is 9.88. The lowest BCUT2D eigenvalue weighted by Gasteiger charge is -2.28. The van der Waals surface area contributed by atoms with Crippen LogP contribution in [0.1, 0.15) is 46.5 Å². The van der Waals surface area contributed by atoms with Crippen molar-refractivity contribution in [1.29, 1.82) is 0 Å². The first-order valence-corrected chi connectivity index (χ1v) is 5.43. The van der Waals surface area contributed by atoms with Crippen molar-refractivity contribution in [3.63, 3.8) is 0 Å². The molecule has 88 valence electrons. The molecule has 0 heterocycles. The number of carbonyl (C=O) groups excluding carboxylic acids is 2. The number of primary amides is 2. The molecule has 0 aliphatic heterocycles. The van der Waals surface area contributed by atoms with E-state index in [9.17, 15) is 9.59 Å². The Kier molecular flexibility index (Phi) is 5.33. The molecule has 0 aromatic rings. The summed E-state index contributed by atoms with van der Waals surface area (Å²) in [5.74, 6) is -1.36. The van der Waals surface area contributed by atoms with E-state index in [0.717, 1.165) is 19.3 Å². The highest BCUT2D eigenvalue weighted by Gasteiger charge is 2.38. The lowest BCUT2D eigenvalue weighted by molar-refractivity contribution is -0.137. The maximum Gasteiger partial charge on any atom is 0.223 e. The van der Waals surface area contributed by atoms with Crippen LogP contribution in [-0.4, -0.2) is 11.8 Å². The van der Waals surface area contributed by atoms with Crippen LogP contribution in [0, 0.1) is 11.3 Å². The summed E-state index contributed by atoms with van der Waals surface area (Å²) in [7, 11) is 0. The van der Waals surface area contributed by atoms with E-state index in [1.807, 2.05) is 0 Å². The third-order valence-corrected chi connectivity index (χ3v) is 2.95. The zero-order chi connectivity index (χ0) is 12.1. The average Bonchev–Trinajstić information content (AvgIpc) is 2.11. The van der Waals surface area contributed by atoms with Gasteiger partial charge in [0.25, 0.3) is 0 Å². The number of amides is 2. The van der Waals surface area contributed by atoms with E-state index in [2.05, 4.69) is 6.92 Å². The van der Waals surface area contributed by atoms with Crippen LogP contribution in [0.5, 0.6) is 0 Å². The molecule has 0 saturated heterocycles. The molecule has 1 unspecified atom stereocenters. The second kappa shape index (κ2) is 5.73. The van der Waals surface area contributed by atoms with E-state index in [1.165, 1.54) is 0 Å². The highest BCUT2D eigenvalue weighted by Crippen LogP contribution is 2.30. The van der Waals surface area contributed by atoms with Crippen molar-refractivity contribution >= 4 is 11.8 Å². The van der Waals surface area contributed by atoms with E-state index in [4.69, 9.17) is 11.5 Å². The van der Waals surface area contributed by atoms with Crippen LogP contribution in [-0.2, 0) is 9.59 Å². The van der Waals surface area contributed by atoms with E-state index in [0.29, 0.717) is 6.42 Å². The van der Waals surface area contributed by atoms with Gasteiger partial charge in [-0.3, -0.25) is 9.59 Å². The summed E-state index contributed by atoms with van der Waals surface area (Å²) in [6.45, 7) is 5.44. The van der Waals surface area contributed by atoms with Crippen LogP contribution in [0.4, 0.5) is 0 Å². The minimum atomic E-state index is -0.848. The normalized spacial score (nSPS) is 13.5. The molecule has 0 spiro atoms. The van der Waals surface area contributed by atoms with Gasteiger partial charge in [-0.15, -0.1) is 0 Å². The van der Waals surface area contributed by atoms with Crippen LogP contribution in [0.3, 0.4) is 0 Å². The zero-order valence-electron chi connectivity index (χ0n) is 9.88. The molecule has 4 nitrogen and oxygen atoms in total. The fourth-order valence-corrected chi connectivity index (χ4v) is 1.63. The van der Waals surface area contributed by atoms with Gasteiger partial charge in [0, 0.05) is 0 Å². The van der Waals surface area contributed by atoms with Crippen molar-refractivity contribution in [1.82, 2.24) is 0 Å². The molecule has 1 atom stereocenters. The Balaban J connectivity index is 4.52. The van der Waals surface area contributed by atoms with E-state index >= 15 is 0 Å². The Hall–Kier alpha value is -1.06. The average molecular weight is 214 g/mol. The number of unbranched alkanes of at least 4 members (excludes halogenated alkanes) is 2. The lowest BCUT2D eigenvalue weighted by atomic mass is 9.75. The first-order chi connectivity index (χ1) is 6.84. The molecule has 15 heavy (non-hydrogen) atoms. The summed E-state index contributed by atoms with van der Waals surface area (Å²) >= 11 is 0. The third-order valence-electron chi connectivity index (χ3n) is 2.95. The number of carbonyl (C=O) groups is 2. The summed E-state index contributed by atoms with van der Waals surface area (Å²) in [4.78, 5) is 22.5. The van der Waals surface area contributed by atoms with Crippen molar-refractivity contribution in [3.8, 4) is 0 Å². The topological polar surface area (TPSA) is 86.2 Å². The van der Waals surface area contributed by atoms with Crippen LogP contribution < -0.4 is 11.5 Å². The molecule has 2 amide bonds. The minimum Gasteiger partial charge on any atom is -0.369 e. The van der Waals surface area contributed by atoms with Crippen LogP contribution in [0.15, 0.2) is 0 Å². The van der Waals surface area contributed by atoms with Crippen molar-refractivity contribution in [2.75, 3.05) is 0 Å². The van der Waals surface area contributed by atoms with Gasteiger partial charge < -0.3 is 11.5 Å². The predicted molar refractivity (Wildman–Crippen MR) is 59.8 cm³/mol. The van der Waals surface area contributed by atoms with Gasteiger partial charge in [0.1, 0.15) is 0 Å². The molecule has 0 aromatic carbocycles. The summed E-state index contributed by atoms with van der Waals surface area (Å²) in [5.41, 5.74) is 9.71. The van der Waals surface area contributed by atoms with Gasteiger partial charge in [0.15, 0.2) is 0 Å². The Morgan fingerprint density at radius 3 is 2.07 bits per heavy atom. The molecule has 0 aliphatic carbocycles. The van der Waals surface area contributed by atoms with Crippen LogP contribution >= 0.6 is 0 Å². The number of hydrogen-bond acceptors (Lipinski definition) is 2. The van der Waals surface area contributed by atoms with Crippen LogP contribution in [0.25, 0.3) is 0 Å². The fourth-order valence-electron chi connectivity index (χ4n) is 1.63. The monoisotopic (exact) mass is 214 g/mol. The van der Waals surface area contributed by atoms with Gasteiger partial charge in [-0.1, -0.05) is 40.0 Å². The first kappa shape index (κ1) is 13.9. The molecule has 0 aliphatic rings. The second-order valence-electron chi connectivity index (χ2n) is 4.54. The molecule has 0 fully saturated rings. The van der Waals surface area contributed by atoms with E-state index in [-0.39, 0.29) is 0 Å². The van der Waals surface area contributed by atoms with Crippen molar-refractivity contribution in [2.45, 2.75) is 46.5 Å². The number of nitrogens with two attached hydrogens (primary N) is 2. The summed E-state index contributed by atoms with van der Waals surface area (Å²) in [6, 6.07) is 0. The fraction of sp³-hybridized carbons (Fsp3) is 0.818. The molecular formula is C11H22N2O2. The van der Waals surface area contributed by atoms with Crippen LogP contribution in [0.2, 0.25) is 0 Å². The quantitative estimate of drug-likeness (QED) is 0.623. The smallest absolute Gasteiger partial charge is 0.223 e. The maximum absolute atomic E-state index is 11.3. The molecule has 4 heteroatoms. The number of rotatable bonds is 7. The van der Waals surface area contributed by atoms with E-state index < -0.39 is 23.1 Å². The largest absolute Gasteiger partial charge is 0.369 e. The van der Waals surface area contributed by atoms with Crippen molar-refractivity contribution < 1.29 is 9.59 Å². The standard InChI is InChI=1S/C11H22N2O2/c1-4-5-6-7-8(9(12)14)11(2,3)10(13)15/h8H,4-7H2,1-3H3,(H2,12,14)(H2,13,15). The van der Waals surface area contributed by atoms with E-state index in [1.54, 1.807) is 13.8 Å². The van der Waals surface area contributed by atoms with Gasteiger partial charge in [0.05, 0.1) is 11.3 Å². The Bertz CT molecular complexity index is 237. The Morgan fingerprint density at radius 1 is 1.20 bits per heavy atom. The Morgan fingerprint density at radius 2 is 1.73 bits per heavy atom. The van der Waals surface area contributed by atoms with Gasteiger partial charge in [-0.05, 0) is 6.42 Å². The highest BCUT2D eigenvalue weighted by molar-refractivity contribution is 5.88. The molecule has 0 aromatic heterocycles. The summed E-state index contributed by atoms with van der Waals surface area (Å²) in [6.07, 6.45) is 3.65. The van der Waals surface area contributed by atoms with Gasteiger partial charge >= 0.3 is 0 Å². The third kappa shape index (κ3) is 3.90. The highest BCUT2D eigenvalue weighted by atomic mass is 16.2. The van der Waals surface area contributed by atoms with Gasteiger partial charge in [-0.25, -0.2) is 0 Å². The molecule has 0 rings (SSSR count). The molecule has 0 saturated carbocycles. The van der Waals surface area contributed by atoms with Gasteiger partial charge in [0.2, 0.25) is 11.8 Å². The first-order valence-electron chi connectivity index (χ1n) is 5.43. The molecule has 4 N–H and O–H groups in total. The predicted octanol–water partition coefficient (Wildman–Crippen LogP) is 1.18. The summed E-state index contributed by atoms with van der Waals surface area (Å²) in [5, 5.41) is 0. The Labute approximate surface area is 91.4 Å². The van der Waals surface area contributed by atoms with Crippen molar-refractivity contribution in [2.24, 2.45) is 22.8 Å². The molecular weight excluding hydrogens is 192 g/mol. The molecule has 0 radical (unpaired) electrons. The molecule has 0 bridgehead atoms. The minimum absolute atomic E-state index is 0.435.